The molecule has 1 saturated heterocycles. The largest absolute Gasteiger partial charge is 0.269 e. The maximum absolute atomic E-state index is 13.0. The van der Waals surface area contributed by atoms with Crippen molar-refractivity contribution < 1.29 is 16.8 Å². The van der Waals surface area contributed by atoms with Gasteiger partial charge in [0.05, 0.1) is 16.8 Å². The Kier molecular flexibility index (Phi) is 6.71. The molecular formula is C20H30N4O4S2. The van der Waals surface area contributed by atoms with E-state index in [1.165, 1.54) is 14.8 Å². The predicted molar refractivity (Wildman–Crippen MR) is 115 cm³/mol. The van der Waals surface area contributed by atoms with Gasteiger partial charge in [0, 0.05) is 32.7 Å². The summed E-state index contributed by atoms with van der Waals surface area (Å²) >= 11 is 0. The van der Waals surface area contributed by atoms with Gasteiger partial charge in [-0.05, 0) is 43.9 Å². The molecule has 2 aromatic rings. The summed E-state index contributed by atoms with van der Waals surface area (Å²) in [4.78, 5) is 0.423. The van der Waals surface area contributed by atoms with E-state index < -0.39 is 20.0 Å². The van der Waals surface area contributed by atoms with Crippen molar-refractivity contribution in [2.45, 2.75) is 56.4 Å². The Bertz CT molecular complexity index is 1080. The lowest BCUT2D eigenvalue weighted by Gasteiger charge is -2.33. The lowest BCUT2D eigenvalue weighted by atomic mass is 9.99. The van der Waals surface area contributed by atoms with Crippen LogP contribution < -0.4 is 0 Å². The first-order valence-electron chi connectivity index (χ1n) is 10.3. The number of nitrogens with zero attached hydrogens (tertiary/aromatic N) is 4. The van der Waals surface area contributed by atoms with E-state index in [0.717, 1.165) is 12.0 Å². The molecule has 8 nitrogen and oxygen atoms in total. The van der Waals surface area contributed by atoms with E-state index in [2.05, 4.69) is 18.9 Å². The molecule has 30 heavy (non-hydrogen) atoms. The second kappa shape index (κ2) is 8.78. The van der Waals surface area contributed by atoms with Crippen molar-refractivity contribution in [2.24, 2.45) is 0 Å². The Morgan fingerprint density at radius 2 is 1.47 bits per heavy atom. The number of sulfonamides is 2. The van der Waals surface area contributed by atoms with Crippen LogP contribution in [-0.4, -0.2) is 61.4 Å². The maximum atomic E-state index is 13.0. The highest BCUT2D eigenvalue weighted by molar-refractivity contribution is 7.89. The highest BCUT2D eigenvalue weighted by Gasteiger charge is 2.35. The zero-order chi connectivity index (χ0) is 22.1. The van der Waals surface area contributed by atoms with Gasteiger partial charge in [0.2, 0.25) is 20.0 Å². The molecule has 0 spiro atoms. The fourth-order valence-corrected chi connectivity index (χ4v) is 6.65. The van der Waals surface area contributed by atoms with Crippen LogP contribution in [0.1, 0.15) is 44.4 Å². The standard InChI is InChI=1S/C20H30N4O4S2/c1-5-16(3)18-7-9-19(10-8-18)29(25,26)22-11-13-23(14-12-22)30(27,28)20-15-21-24(6-2)17(20)4/h7-10,15-16H,5-6,11-14H2,1-4H3. The molecule has 1 unspecified atom stereocenters. The minimum Gasteiger partial charge on any atom is -0.269 e. The molecule has 0 saturated carbocycles. The van der Waals surface area contributed by atoms with E-state index in [4.69, 9.17) is 0 Å². The third-order valence-corrected chi connectivity index (χ3v) is 9.79. The molecule has 0 radical (unpaired) electrons. The van der Waals surface area contributed by atoms with Gasteiger partial charge in [0.25, 0.3) is 0 Å². The van der Waals surface area contributed by atoms with Crippen LogP contribution in [0.25, 0.3) is 0 Å². The average molecular weight is 455 g/mol. The normalized spacial score (nSPS) is 17.9. The monoisotopic (exact) mass is 454 g/mol. The highest BCUT2D eigenvalue weighted by Crippen LogP contribution is 2.25. The molecule has 1 fully saturated rings. The molecule has 1 aliphatic rings. The predicted octanol–water partition coefficient (Wildman–Crippen LogP) is 2.42. The van der Waals surface area contributed by atoms with Gasteiger partial charge < -0.3 is 0 Å². The van der Waals surface area contributed by atoms with E-state index in [1.54, 1.807) is 23.7 Å². The number of aromatic nitrogens is 2. The lowest BCUT2D eigenvalue weighted by Crippen LogP contribution is -2.50. The molecular weight excluding hydrogens is 424 g/mol. The van der Waals surface area contributed by atoms with E-state index in [0.29, 0.717) is 18.2 Å². The number of aryl methyl sites for hydroxylation is 1. The first-order chi connectivity index (χ1) is 14.1. The summed E-state index contributed by atoms with van der Waals surface area (Å²) < 4.78 is 56.3. The first kappa shape index (κ1) is 22.9. The SMILES string of the molecule is CCC(C)c1ccc(S(=O)(=O)N2CCN(S(=O)(=O)c3cnn(CC)c3C)CC2)cc1. The van der Waals surface area contributed by atoms with Gasteiger partial charge in [-0.3, -0.25) is 4.68 Å². The van der Waals surface area contributed by atoms with Crippen molar-refractivity contribution in [2.75, 3.05) is 26.2 Å². The van der Waals surface area contributed by atoms with Crippen LogP contribution in [0.4, 0.5) is 0 Å². The zero-order valence-corrected chi connectivity index (χ0v) is 19.6. The summed E-state index contributed by atoms with van der Waals surface area (Å²) in [6.07, 6.45) is 2.36. The van der Waals surface area contributed by atoms with Gasteiger partial charge in [-0.15, -0.1) is 0 Å². The molecule has 0 amide bonds. The maximum Gasteiger partial charge on any atom is 0.246 e. The molecule has 2 heterocycles. The van der Waals surface area contributed by atoms with Crippen molar-refractivity contribution in [3.8, 4) is 0 Å². The van der Waals surface area contributed by atoms with Crippen molar-refractivity contribution in [3.05, 3.63) is 41.7 Å². The molecule has 0 aliphatic carbocycles. The molecule has 10 heteroatoms. The third-order valence-electron chi connectivity index (χ3n) is 5.87. The third kappa shape index (κ3) is 4.18. The minimum absolute atomic E-state index is 0.114. The van der Waals surface area contributed by atoms with Crippen molar-refractivity contribution in [3.63, 3.8) is 0 Å². The van der Waals surface area contributed by atoms with E-state index in [1.807, 2.05) is 19.1 Å². The van der Waals surface area contributed by atoms with E-state index in [-0.39, 0.29) is 36.0 Å². The molecule has 1 aliphatic heterocycles. The van der Waals surface area contributed by atoms with Crippen LogP contribution in [0.3, 0.4) is 0 Å². The Hall–Kier alpha value is -1.75. The molecule has 1 aromatic carbocycles. The Morgan fingerprint density at radius 3 is 1.93 bits per heavy atom. The van der Waals surface area contributed by atoms with Gasteiger partial charge in [0.15, 0.2) is 0 Å². The van der Waals surface area contributed by atoms with Gasteiger partial charge in [-0.1, -0.05) is 26.0 Å². The minimum atomic E-state index is -3.71. The van der Waals surface area contributed by atoms with Gasteiger partial charge in [-0.25, -0.2) is 16.8 Å². The van der Waals surface area contributed by atoms with Crippen molar-refractivity contribution in [1.29, 1.82) is 0 Å². The van der Waals surface area contributed by atoms with Crippen molar-refractivity contribution in [1.82, 2.24) is 18.4 Å². The Morgan fingerprint density at radius 1 is 0.933 bits per heavy atom. The summed E-state index contributed by atoms with van der Waals surface area (Å²) in [6.45, 7) is 8.89. The average Bonchev–Trinajstić information content (AvgIpc) is 3.14. The van der Waals surface area contributed by atoms with Crippen LogP contribution in [0.5, 0.6) is 0 Å². The highest BCUT2D eigenvalue weighted by atomic mass is 32.2. The zero-order valence-electron chi connectivity index (χ0n) is 17.9. The van der Waals surface area contributed by atoms with Crippen LogP contribution in [0.2, 0.25) is 0 Å². The van der Waals surface area contributed by atoms with Crippen LogP contribution in [0, 0.1) is 6.92 Å². The summed E-state index contributed by atoms with van der Waals surface area (Å²) in [6, 6.07) is 7.00. The number of benzene rings is 1. The molecule has 3 rings (SSSR count). The molecule has 0 N–H and O–H groups in total. The van der Waals surface area contributed by atoms with Gasteiger partial charge in [-0.2, -0.15) is 13.7 Å². The van der Waals surface area contributed by atoms with Gasteiger partial charge >= 0.3 is 0 Å². The van der Waals surface area contributed by atoms with Crippen LogP contribution in [0.15, 0.2) is 40.3 Å². The second-order valence-corrected chi connectivity index (χ2v) is 11.4. The lowest BCUT2D eigenvalue weighted by molar-refractivity contribution is 0.272. The smallest absolute Gasteiger partial charge is 0.246 e. The molecule has 1 atom stereocenters. The van der Waals surface area contributed by atoms with Crippen LogP contribution in [-0.2, 0) is 26.6 Å². The topological polar surface area (TPSA) is 92.6 Å². The summed E-state index contributed by atoms with van der Waals surface area (Å²) in [7, 11) is -7.36. The molecule has 166 valence electrons. The number of hydrogen-bond acceptors (Lipinski definition) is 5. The van der Waals surface area contributed by atoms with Crippen LogP contribution >= 0.6 is 0 Å². The summed E-state index contributed by atoms with van der Waals surface area (Å²) in [5.74, 6) is 0.371. The number of rotatable bonds is 7. The van der Waals surface area contributed by atoms with Gasteiger partial charge in [0.1, 0.15) is 4.90 Å². The summed E-state index contributed by atoms with van der Waals surface area (Å²) in [5.41, 5.74) is 1.70. The fourth-order valence-electron chi connectivity index (χ4n) is 3.64. The molecule has 0 bridgehead atoms. The van der Waals surface area contributed by atoms with E-state index in [9.17, 15) is 16.8 Å². The van der Waals surface area contributed by atoms with E-state index >= 15 is 0 Å². The Labute approximate surface area is 179 Å². The number of hydrogen-bond donors (Lipinski definition) is 0. The van der Waals surface area contributed by atoms with Crippen molar-refractivity contribution >= 4 is 20.0 Å². The second-order valence-electron chi connectivity index (χ2n) is 7.60. The quantitative estimate of drug-likeness (QED) is 0.641. The Balaban J connectivity index is 1.73. The number of piperazine rings is 1. The summed E-state index contributed by atoms with van der Waals surface area (Å²) in [5, 5.41) is 4.12. The fraction of sp³-hybridized carbons (Fsp3) is 0.550. The first-order valence-corrected chi connectivity index (χ1v) is 13.1. The molecule has 1 aromatic heterocycles.